The van der Waals surface area contributed by atoms with Gasteiger partial charge in [0.05, 0.1) is 29.5 Å². The van der Waals surface area contributed by atoms with Crippen LogP contribution in [0.2, 0.25) is 5.02 Å². The lowest BCUT2D eigenvalue weighted by molar-refractivity contribution is -0.138. The molecule has 23 heavy (non-hydrogen) atoms. The van der Waals surface area contributed by atoms with Crippen molar-refractivity contribution in [3.8, 4) is 0 Å². The van der Waals surface area contributed by atoms with Crippen LogP contribution in [-0.4, -0.2) is 36.5 Å². The van der Waals surface area contributed by atoms with Crippen LogP contribution in [0.25, 0.3) is 0 Å². The maximum absolute atomic E-state index is 11.8. The number of halogens is 1. The van der Waals surface area contributed by atoms with Crippen LogP contribution in [0.3, 0.4) is 0 Å². The summed E-state index contributed by atoms with van der Waals surface area (Å²) in [6, 6.07) is 4.67. The molecule has 0 saturated heterocycles. The lowest BCUT2D eigenvalue weighted by Gasteiger charge is -2.06. The van der Waals surface area contributed by atoms with Crippen molar-refractivity contribution in [3.63, 3.8) is 0 Å². The molecule has 0 aliphatic carbocycles. The number of carbonyl (C=O) groups is 2. The molecule has 1 N–H and O–H groups in total. The van der Waals surface area contributed by atoms with Crippen LogP contribution in [0.15, 0.2) is 34.5 Å². The van der Waals surface area contributed by atoms with Crippen LogP contribution >= 0.6 is 11.6 Å². The van der Waals surface area contributed by atoms with Gasteiger partial charge in [-0.1, -0.05) is 17.7 Å². The molecular formula is C16H18ClNO5. The number of carbonyl (C=O) groups excluding carboxylic acids is 2. The highest BCUT2D eigenvalue weighted by molar-refractivity contribution is 6.36. The third-order valence-electron chi connectivity index (χ3n) is 2.69. The average molecular weight is 340 g/mol. The highest BCUT2D eigenvalue weighted by Gasteiger charge is 2.15. The van der Waals surface area contributed by atoms with E-state index >= 15 is 0 Å². The minimum absolute atomic E-state index is 0.0931. The first-order chi connectivity index (χ1) is 10.9. The summed E-state index contributed by atoms with van der Waals surface area (Å²) in [5.41, 5.74) is 0.343. The number of nitrogens with zero attached hydrogens (tertiary/aromatic N) is 1. The van der Waals surface area contributed by atoms with Crippen LogP contribution in [-0.2, 0) is 14.3 Å². The molecule has 0 unspecified atom stereocenters. The van der Waals surface area contributed by atoms with Crippen LogP contribution < -0.4 is 0 Å². The highest BCUT2D eigenvalue weighted by atomic mass is 35.5. The Hall–Kier alpha value is -2.34. The fraction of sp³-hybridized carbons (Fsp3) is 0.312. The minimum atomic E-state index is -0.700. The summed E-state index contributed by atoms with van der Waals surface area (Å²) in [6.07, 6.45) is 1.14. The molecule has 0 amide bonds. The highest BCUT2D eigenvalue weighted by Crippen LogP contribution is 2.29. The van der Waals surface area contributed by atoms with Gasteiger partial charge in [-0.3, -0.25) is 4.99 Å². The van der Waals surface area contributed by atoms with Gasteiger partial charge in [0.25, 0.3) is 0 Å². The molecule has 1 aromatic rings. The Morgan fingerprint density at radius 1 is 1.26 bits per heavy atom. The summed E-state index contributed by atoms with van der Waals surface area (Å²) in [4.78, 5) is 27.5. The van der Waals surface area contributed by atoms with E-state index in [0.29, 0.717) is 0 Å². The molecule has 0 atom stereocenters. The molecule has 1 rings (SSSR count). The average Bonchev–Trinajstić information content (AvgIpc) is 2.49. The number of aliphatic hydroxyl groups excluding tert-OH is 1. The lowest BCUT2D eigenvalue weighted by Crippen LogP contribution is -2.10. The van der Waals surface area contributed by atoms with Gasteiger partial charge >= 0.3 is 11.9 Å². The van der Waals surface area contributed by atoms with Gasteiger partial charge in [-0.2, -0.15) is 0 Å². The molecule has 0 fully saturated rings. The maximum Gasteiger partial charge on any atom is 0.343 e. The second-order valence-corrected chi connectivity index (χ2v) is 4.71. The van der Waals surface area contributed by atoms with E-state index in [0.717, 1.165) is 6.21 Å². The summed E-state index contributed by atoms with van der Waals surface area (Å²) in [7, 11) is 0. The van der Waals surface area contributed by atoms with Gasteiger partial charge in [-0.25, -0.2) is 9.59 Å². The van der Waals surface area contributed by atoms with Crippen molar-refractivity contribution >= 4 is 35.4 Å². The Morgan fingerprint density at radius 3 is 2.48 bits per heavy atom. The molecule has 0 aromatic heterocycles. The van der Waals surface area contributed by atoms with Crippen LogP contribution in [0, 0.1) is 0 Å². The van der Waals surface area contributed by atoms with Crippen molar-refractivity contribution in [1.82, 2.24) is 0 Å². The standard InChI is InChI=1S/C16H18ClNO5/c1-4-22-15(20)11-7-6-8-13(14(11)17)18-9-12(10(3)19)16(21)23-5-2/h6-9,19H,4-5H2,1-3H3. The number of benzene rings is 1. The first-order valence-electron chi connectivity index (χ1n) is 6.99. The van der Waals surface area contributed by atoms with Gasteiger partial charge in [0, 0.05) is 6.21 Å². The number of ether oxygens (including phenoxy) is 2. The van der Waals surface area contributed by atoms with Gasteiger partial charge in [0.1, 0.15) is 11.3 Å². The molecule has 7 heteroatoms. The molecule has 6 nitrogen and oxygen atoms in total. The second-order valence-electron chi connectivity index (χ2n) is 4.34. The molecule has 0 aliphatic rings. The van der Waals surface area contributed by atoms with Crippen molar-refractivity contribution in [3.05, 3.63) is 40.1 Å². The normalized spacial score (nSPS) is 12.0. The van der Waals surface area contributed by atoms with Crippen LogP contribution in [0.4, 0.5) is 5.69 Å². The molecule has 0 spiro atoms. The van der Waals surface area contributed by atoms with E-state index in [1.54, 1.807) is 26.0 Å². The second kappa shape index (κ2) is 8.95. The molecule has 1 aromatic carbocycles. The summed E-state index contributed by atoms with van der Waals surface area (Å²) in [5, 5.41) is 9.65. The van der Waals surface area contributed by atoms with E-state index in [1.165, 1.54) is 13.0 Å². The molecular weight excluding hydrogens is 322 g/mol. The number of hydrogen-bond acceptors (Lipinski definition) is 6. The SMILES string of the molecule is CCOC(=O)C(C=Nc1cccc(C(=O)OCC)c1Cl)=C(C)O. The van der Waals surface area contributed by atoms with Crippen molar-refractivity contribution in [2.45, 2.75) is 20.8 Å². The van der Waals surface area contributed by atoms with Gasteiger partial charge in [-0.05, 0) is 32.9 Å². The van der Waals surface area contributed by atoms with Crippen molar-refractivity contribution in [2.24, 2.45) is 4.99 Å². The zero-order valence-corrected chi connectivity index (χ0v) is 13.9. The fourth-order valence-corrected chi connectivity index (χ4v) is 1.87. The van der Waals surface area contributed by atoms with Gasteiger partial charge in [-0.15, -0.1) is 0 Å². The Balaban J connectivity index is 3.13. The Bertz CT molecular complexity index is 648. The van der Waals surface area contributed by atoms with Crippen LogP contribution in [0.1, 0.15) is 31.1 Å². The summed E-state index contributed by atoms with van der Waals surface area (Å²) >= 11 is 6.13. The van der Waals surface area contributed by atoms with Gasteiger partial charge in [0.2, 0.25) is 0 Å². The van der Waals surface area contributed by atoms with Crippen molar-refractivity contribution in [2.75, 3.05) is 13.2 Å². The Labute approximate surface area is 139 Å². The third-order valence-corrected chi connectivity index (χ3v) is 3.09. The molecule has 124 valence electrons. The van der Waals surface area contributed by atoms with Crippen LogP contribution in [0.5, 0.6) is 0 Å². The Morgan fingerprint density at radius 2 is 1.91 bits per heavy atom. The van der Waals surface area contributed by atoms with Crippen molar-refractivity contribution < 1.29 is 24.2 Å². The zero-order chi connectivity index (χ0) is 17.4. The van der Waals surface area contributed by atoms with Crippen molar-refractivity contribution in [1.29, 1.82) is 0 Å². The molecule has 0 saturated carbocycles. The van der Waals surface area contributed by atoms with E-state index in [-0.39, 0.29) is 40.8 Å². The topological polar surface area (TPSA) is 85.2 Å². The third kappa shape index (κ3) is 5.10. The van der Waals surface area contributed by atoms with E-state index < -0.39 is 11.9 Å². The van der Waals surface area contributed by atoms with E-state index in [1.807, 2.05) is 0 Å². The predicted molar refractivity (Wildman–Crippen MR) is 87.5 cm³/mol. The fourth-order valence-electron chi connectivity index (χ4n) is 1.62. The largest absolute Gasteiger partial charge is 0.512 e. The van der Waals surface area contributed by atoms with E-state index in [9.17, 15) is 14.7 Å². The minimum Gasteiger partial charge on any atom is -0.512 e. The first-order valence-corrected chi connectivity index (χ1v) is 7.36. The van der Waals surface area contributed by atoms with E-state index in [4.69, 9.17) is 21.1 Å². The van der Waals surface area contributed by atoms with Gasteiger partial charge < -0.3 is 14.6 Å². The Kier molecular flexibility index (Phi) is 7.28. The summed E-state index contributed by atoms with van der Waals surface area (Å²) in [5.74, 6) is -1.49. The summed E-state index contributed by atoms with van der Waals surface area (Å²) < 4.78 is 9.72. The number of rotatable bonds is 6. The maximum atomic E-state index is 11.8. The number of allylic oxidation sites excluding steroid dienone is 1. The molecule has 0 radical (unpaired) electrons. The molecule has 0 heterocycles. The zero-order valence-electron chi connectivity index (χ0n) is 13.1. The number of hydrogen-bond donors (Lipinski definition) is 1. The molecule has 0 aliphatic heterocycles. The smallest absolute Gasteiger partial charge is 0.343 e. The van der Waals surface area contributed by atoms with Gasteiger partial charge in [0.15, 0.2) is 0 Å². The lowest BCUT2D eigenvalue weighted by atomic mass is 10.2. The van der Waals surface area contributed by atoms with E-state index in [2.05, 4.69) is 4.99 Å². The number of aliphatic imine (C=N–C) groups is 1. The quantitative estimate of drug-likeness (QED) is 0.370. The molecule has 0 bridgehead atoms. The number of esters is 2. The first kappa shape index (κ1) is 18.7. The monoisotopic (exact) mass is 339 g/mol. The summed E-state index contributed by atoms with van der Waals surface area (Å²) in [6.45, 7) is 5.08. The predicted octanol–water partition coefficient (Wildman–Crippen LogP) is 3.61. The number of aliphatic hydroxyl groups is 1.